The van der Waals surface area contributed by atoms with Gasteiger partial charge in [0, 0.05) is 22.5 Å². The molecule has 0 aromatic heterocycles. The van der Waals surface area contributed by atoms with Crippen molar-refractivity contribution >= 4 is 11.8 Å². The van der Waals surface area contributed by atoms with Crippen LogP contribution in [0.5, 0.6) is 0 Å². The molecule has 24 heavy (non-hydrogen) atoms. The van der Waals surface area contributed by atoms with E-state index in [4.69, 9.17) is 4.74 Å². The lowest BCUT2D eigenvalue weighted by atomic mass is 9.71. The van der Waals surface area contributed by atoms with E-state index in [1.807, 2.05) is 6.26 Å². The van der Waals surface area contributed by atoms with Crippen molar-refractivity contribution < 1.29 is 9.84 Å². The minimum atomic E-state index is 0.184. The third-order valence-corrected chi connectivity index (χ3v) is 7.66. The fourth-order valence-corrected chi connectivity index (χ4v) is 6.47. The number of rotatable bonds is 1. The average molecular weight is 340 g/mol. The van der Waals surface area contributed by atoms with E-state index in [1.54, 1.807) is 17.3 Å². The summed E-state index contributed by atoms with van der Waals surface area (Å²) in [5.74, 6) is 3.39. The Hall–Kier alpha value is -1.19. The van der Waals surface area contributed by atoms with Gasteiger partial charge in [0.1, 0.15) is 6.10 Å². The molecule has 2 heterocycles. The number of thioether (sulfide) groups is 1. The van der Waals surface area contributed by atoms with Gasteiger partial charge in [-0.3, -0.25) is 0 Å². The Morgan fingerprint density at radius 1 is 1.12 bits per heavy atom. The summed E-state index contributed by atoms with van der Waals surface area (Å²) < 4.78 is 6.11. The van der Waals surface area contributed by atoms with Crippen LogP contribution in [0.4, 0.5) is 0 Å². The topological polar surface area (TPSA) is 29.5 Å². The van der Waals surface area contributed by atoms with Crippen molar-refractivity contribution in [3.63, 3.8) is 0 Å². The van der Waals surface area contributed by atoms with Gasteiger partial charge in [-0.25, -0.2) is 0 Å². The maximum atomic E-state index is 9.61. The minimum absolute atomic E-state index is 0.184. The quantitative estimate of drug-likeness (QED) is 0.769. The fraction of sp³-hybridized carbons (Fsp3) is 0.524. The van der Waals surface area contributed by atoms with Gasteiger partial charge in [-0.2, -0.15) is 0 Å². The van der Waals surface area contributed by atoms with Crippen LogP contribution < -0.4 is 0 Å². The highest BCUT2D eigenvalue weighted by Gasteiger charge is 2.46. The predicted octanol–water partition coefficient (Wildman–Crippen LogP) is 4.37. The third kappa shape index (κ3) is 2.28. The first-order valence-electron chi connectivity index (χ1n) is 9.21. The van der Waals surface area contributed by atoms with E-state index in [-0.39, 0.29) is 12.7 Å². The molecule has 0 radical (unpaired) electrons. The van der Waals surface area contributed by atoms with Crippen molar-refractivity contribution in [2.75, 3.05) is 12.4 Å². The monoisotopic (exact) mass is 340 g/mol. The molecule has 2 fully saturated rings. The van der Waals surface area contributed by atoms with Crippen LogP contribution in [0, 0.1) is 23.7 Å². The Balaban J connectivity index is 1.59. The molecule has 0 aromatic carbocycles. The lowest BCUT2D eigenvalue weighted by Gasteiger charge is -2.36. The maximum absolute atomic E-state index is 9.61. The number of allylic oxidation sites excluding steroid dienone is 6. The molecule has 2 aliphatic heterocycles. The molecule has 0 aromatic rings. The van der Waals surface area contributed by atoms with Gasteiger partial charge < -0.3 is 9.84 Å². The van der Waals surface area contributed by atoms with Gasteiger partial charge in [-0.1, -0.05) is 41.9 Å². The minimum Gasteiger partial charge on any atom is -0.493 e. The molecule has 3 heteroatoms. The van der Waals surface area contributed by atoms with E-state index in [9.17, 15) is 5.11 Å². The lowest BCUT2D eigenvalue weighted by Crippen LogP contribution is -2.28. The van der Waals surface area contributed by atoms with Gasteiger partial charge in [0.05, 0.1) is 12.9 Å². The second-order valence-electron chi connectivity index (χ2n) is 7.65. The number of ether oxygens (including phenoxy) is 1. The Morgan fingerprint density at radius 2 is 2.08 bits per heavy atom. The Kier molecular flexibility index (Phi) is 3.75. The number of hydrogen-bond donors (Lipinski definition) is 1. The van der Waals surface area contributed by atoms with Crippen LogP contribution in [-0.4, -0.2) is 23.6 Å². The van der Waals surface area contributed by atoms with Crippen LogP contribution >= 0.6 is 11.8 Å². The van der Waals surface area contributed by atoms with Gasteiger partial charge in [0.2, 0.25) is 0 Å². The summed E-state index contributed by atoms with van der Waals surface area (Å²) in [6, 6.07) is 0. The normalized spacial score (nSPS) is 39.8. The van der Waals surface area contributed by atoms with Gasteiger partial charge in [0.25, 0.3) is 0 Å². The van der Waals surface area contributed by atoms with Crippen molar-refractivity contribution in [1.29, 1.82) is 0 Å². The van der Waals surface area contributed by atoms with Gasteiger partial charge >= 0.3 is 0 Å². The Bertz CT molecular complexity index is 697. The number of hydrogen-bond acceptors (Lipinski definition) is 3. The first kappa shape index (κ1) is 15.1. The SMILES string of the molecule is OCC1=CC2C(=CC=C3C2CC2=CC=COC2C2CCCC32)CS1. The van der Waals surface area contributed by atoms with Crippen LogP contribution in [0.2, 0.25) is 0 Å². The highest BCUT2D eigenvalue weighted by molar-refractivity contribution is 8.03. The maximum Gasteiger partial charge on any atom is 0.123 e. The smallest absolute Gasteiger partial charge is 0.123 e. The lowest BCUT2D eigenvalue weighted by molar-refractivity contribution is 0.102. The molecule has 5 rings (SSSR count). The van der Waals surface area contributed by atoms with Crippen LogP contribution in [0.15, 0.2) is 58.3 Å². The summed E-state index contributed by atoms with van der Waals surface area (Å²) in [7, 11) is 0. The van der Waals surface area contributed by atoms with Gasteiger partial charge in [0.15, 0.2) is 0 Å². The molecule has 0 saturated heterocycles. The molecular formula is C21H24O2S. The molecule has 0 spiro atoms. The molecule has 1 N–H and O–H groups in total. The zero-order chi connectivity index (χ0) is 16.1. The summed E-state index contributed by atoms with van der Waals surface area (Å²) in [5.41, 5.74) is 4.68. The Morgan fingerprint density at radius 3 is 3.00 bits per heavy atom. The fourth-order valence-electron chi connectivity index (χ4n) is 5.49. The molecule has 5 aliphatic rings. The highest BCUT2D eigenvalue weighted by Crippen LogP contribution is 2.54. The van der Waals surface area contributed by atoms with E-state index in [0.29, 0.717) is 23.7 Å². The van der Waals surface area contributed by atoms with Crippen molar-refractivity contribution in [2.24, 2.45) is 23.7 Å². The van der Waals surface area contributed by atoms with Crippen molar-refractivity contribution in [2.45, 2.75) is 31.8 Å². The van der Waals surface area contributed by atoms with Gasteiger partial charge in [-0.15, -0.1) is 11.8 Å². The first-order chi connectivity index (χ1) is 11.8. The van der Waals surface area contributed by atoms with Crippen LogP contribution in [0.3, 0.4) is 0 Å². The molecule has 2 nitrogen and oxygen atoms in total. The molecule has 3 aliphatic carbocycles. The second-order valence-corrected chi connectivity index (χ2v) is 8.75. The van der Waals surface area contributed by atoms with Crippen LogP contribution in [0.25, 0.3) is 0 Å². The van der Waals surface area contributed by atoms with Crippen molar-refractivity contribution in [3.05, 3.63) is 58.3 Å². The van der Waals surface area contributed by atoms with Crippen LogP contribution in [0.1, 0.15) is 25.7 Å². The van der Waals surface area contributed by atoms with Crippen molar-refractivity contribution in [1.82, 2.24) is 0 Å². The summed E-state index contributed by atoms with van der Waals surface area (Å²) in [5, 5.41) is 9.61. The van der Waals surface area contributed by atoms with E-state index >= 15 is 0 Å². The van der Waals surface area contributed by atoms with Crippen LogP contribution in [-0.2, 0) is 4.74 Å². The second kappa shape index (κ2) is 5.96. The first-order valence-corrected chi connectivity index (χ1v) is 10.2. The molecule has 126 valence electrons. The summed E-state index contributed by atoms with van der Waals surface area (Å²) >= 11 is 1.80. The summed E-state index contributed by atoms with van der Waals surface area (Å²) in [6.45, 7) is 0.184. The molecule has 0 bridgehead atoms. The summed E-state index contributed by atoms with van der Waals surface area (Å²) in [4.78, 5) is 1.15. The average Bonchev–Trinajstić information content (AvgIpc) is 3.06. The largest absolute Gasteiger partial charge is 0.493 e. The van der Waals surface area contributed by atoms with E-state index in [2.05, 4.69) is 30.4 Å². The highest BCUT2D eigenvalue weighted by atomic mass is 32.2. The zero-order valence-electron chi connectivity index (χ0n) is 13.9. The predicted molar refractivity (Wildman–Crippen MR) is 98.3 cm³/mol. The Labute approximate surface area is 148 Å². The molecule has 5 unspecified atom stereocenters. The standard InChI is InChI=1S/C21H24O2S/c22-11-15-10-19-14(12-24-15)6-7-17-16-4-1-5-18(16)21-13(9-20(17)19)3-2-8-23-21/h2-3,6-8,10,16,18-22H,1,4-5,9,11-12H2. The molecule has 0 amide bonds. The third-order valence-electron chi connectivity index (χ3n) is 6.55. The van der Waals surface area contributed by atoms with Gasteiger partial charge in [-0.05, 0) is 42.7 Å². The summed E-state index contributed by atoms with van der Waals surface area (Å²) in [6.07, 6.45) is 18.8. The van der Waals surface area contributed by atoms with E-state index in [1.165, 1.54) is 30.4 Å². The van der Waals surface area contributed by atoms with E-state index in [0.717, 1.165) is 17.1 Å². The molecular weight excluding hydrogens is 316 g/mol. The number of fused-ring (bicyclic) bond motifs is 7. The molecule has 5 atom stereocenters. The molecule has 2 saturated carbocycles. The number of aliphatic hydroxyl groups is 1. The zero-order valence-corrected chi connectivity index (χ0v) is 14.7. The van der Waals surface area contributed by atoms with E-state index < -0.39 is 0 Å². The van der Waals surface area contributed by atoms with Crippen molar-refractivity contribution in [3.8, 4) is 0 Å². The number of aliphatic hydroxyl groups excluding tert-OH is 1.